The third-order valence-corrected chi connectivity index (χ3v) is 8.90. The van der Waals surface area contributed by atoms with Crippen LogP contribution >= 0.6 is 0 Å². The number of amides is 2. The summed E-state index contributed by atoms with van der Waals surface area (Å²) in [7, 11) is 3.10. The standard InChI is InChI=1S/C38H61N5O10/c1-5-42(21-36(48)39(3)19-34(46)24-44)32(28-52-26-30-13-9-7-10-14-30)17-41(23-38(50)51)18-33(29-53-27-31-15-11-8-12-16-31)43(6-2)22-37(49)40(4)20-35(47)25-45/h7-16,32-35,44-47H,5-6,17-29H2,1-4H3,(H,50,51). The number of hydrogen-bond acceptors (Lipinski definition) is 12. The molecule has 0 radical (unpaired) electrons. The van der Waals surface area contributed by atoms with E-state index >= 15 is 0 Å². The van der Waals surface area contributed by atoms with Crippen molar-refractivity contribution < 1.29 is 49.4 Å². The number of hydrogen-bond donors (Lipinski definition) is 5. The number of benzene rings is 2. The van der Waals surface area contributed by atoms with Gasteiger partial charge in [-0.1, -0.05) is 74.5 Å². The van der Waals surface area contributed by atoms with Crippen molar-refractivity contribution in [1.29, 1.82) is 0 Å². The van der Waals surface area contributed by atoms with Crippen LogP contribution in [0.2, 0.25) is 0 Å². The van der Waals surface area contributed by atoms with Crippen LogP contribution in [0, 0.1) is 0 Å². The molecule has 0 aliphatic carbocycles. The van der Waals surface area contributed by atoms with Crippen LogP contribution in [0.3, 0.4) is 0 Å². The molecule has 2 rings (SSSR count). The molecule has 4 unspecified atom stereocenters. The summed E-state index contributed by atoms with van der Waals surface area (Å²) in [6, 6.07) is 18.4. The fourth-order valence-electron chi connectivity index (χ4n) is 5.85. The number of carbonyl (C=O) groups is 3. The molecule has 0 fully saturated rings. The Hall–Kier alpha value is -3.51. The van der Waals surface area contributed by atoms with Crippen LogP contribution in [0.15, 0.2) is 60.7 Å². The van der Waals surface area contributed by atoms with Crippen LogP contribution in [0.25, 0.3) is 0 Å². The van der Waals surface area contributed by atoms with Gasteiger partial charge in [0, 0.05) is 52.4 Å². The summed E-state index contributed by atoms with van der Waals surface area (Å²) in [5.41, 5.74) is 1.92. The van der Waals surface area contributed by atoms with Gasteiger partial charge in [0.05, 0.1) is 71.5 Å². The van der Waals surface area contributed by atoms with Gasteiger partial charge in [0.25, 0.3) is 0 Å². The van der Waals surface area contributed by atoms with Gasteiger partial charge in [-0.15, -0.1) is 0 Å². The van der Waals surface area contributed by atoms with Crippen molar-refractivity contribution in [1.82, 2.24) is 24.5 Å². The van der Waals surface area contributed by atoms with Crippen LogP contribution in [0.5, 0.6) is 0 Å². The van der Waals surface area contributed by atoms with E-state index in [0.29, 0.717) is 26.3 Å². The number of aliphatic hydroxyl groups excluding tert-OH is 4. The van der Waals surface area contributed by atoms with Crippen LogP contribution in [-0.2, 0) is 37.1 Å². The Labute approximate surface area is 313 Å². The highest BCUT2D eigenvalue weighted by Gasteiger charge is 2.30. The first kappa shape index (κ1) is 45.6. The Morgan fingerprint density at radius 3 is 1.32 bits per heavy atom. The largest absolute Gasteiger partial charge is 0.480 e. The highest BCUT2D eigenvalue weighted by molar-refractivity contribution is 5.78. The van der Waals surface area contributed by atoms with Gasteiger partial charge in [0.1, 0.15) is 0 Å². The predicted molar refractivity (Wildman–Crippen MR) is 200 cm³/mol. The zero-order chi connectivity index (χ0) is 39.2. The highest BCUT2D eigenvalue weighted by atomic mass is 16.5. The van der Waals surface area contributed by atoms with Crippen molar-refractivity contribution in [2.45, 2.75) is 51.4 Å². The molecule has 2 aromatic carbocycles. The van der Waals surface area contributed by atoms with Crippen molar-refractivity contribution >= 4 is 17.8 Å². The molecular formula is C38H61N5O10. The molecule has 0 heterocycles. The van der Waals surface area contributed by atoms with Gasteiger partial charge in [-0.3, -0.25) is 29.1 Å². The van der Waals surface area contributed by atoms with Crippen molar-refractivity contribution in [2.24, 2.45) is 0 Å². The Bertz CT molecular complexity index is 1220. The van der Waals surface area contributed by atoms with E-state index in [0.717, 1.165) is 11.1 Å². The molecule has 53 heavy (non-hydrogen) atoms. The highest BCUT2D eigenvalue weighted by Crippen LogP contribution is 2.13. The second kappa shape index (κ2) is 25.5. The van der Waals surface area contributed by atoms with Crippen molar-refractivity contribution in [3.05, 3.63) is 71.8 Å². The molecule has 2 amide bonds. The zero-order valence-electron chi connectivity index (χ0n) is 31.7. The summed E-state index contributed by atoms with van der Waals surface area (Å²) in [6.07, 6.45) is -2.16. The Kier molecular flexibility index (Phi) is 22.0. The molecule has 0 spiro atoms. The number of ether oxygens (including phenoxy) is 2. The third kappa shape index (κ3) is 17.9. The maximum absolute atomic E-state index is 13.3. The molecule has 298 valence electrons. The van der Waals surface area contributed by atoms with E-state index in [1.807, 2.05) is 84.3 Å². The number of carboxylic acid groups (broad SMARTS) is 1. The normalized spacial score (nSPS) is 13.9. The van der Waals surface area contributed by atoms with Gasteiger partial charge < -0.3 is 44.8 Å². The molecule has 0 aromatic heterocycles. The summed E-state index contributed by atoms with van der Waals surface area (Å²) in [5.74, 6) is -1.61. The lowest BCUT2D eigenvalue weighted by Gasteiger charge is -2.38. The van der Waals surface area contributed by atoms with Gasteiger partial charge in [-0.05, 0) is 24.2 Å². The Morgan fingerprint density at radius 1 is 0.623 bits per heavy atom. The summed E-state index contributed by atoms with van der Waals surface area (Å²) in [4.78, 5) is 47.1. The van der Waals surface area contributed by atoms with E-state index in [-0.39, 0.29) is 70.8 Å². The Morgan fingerprint density at radius 2 is 1.00 bits per heavy atom. The molecule has 0 saturated carbocycles. The van der Waals surface area contributed by atoms with Gasteiger partial charge >= 0.3 is 5.97 Å². The summed E-state index contributed by atoms with van der Waals surface area (Å²) < 4.78 is 12.3. The summed E-state index contributed by atoms with van der Waals surface area (Å²) in [5, 5.41) is 48.5. The fraction of sp³-hybridized carbons (Fsp3) is 0.605. The van der Waals surface area contributed by atoms with E-state index in [1.165, 1.54) is 9.80 Å². The van der Waals surface area contributed by atoms with Crippen molar-refractivity contribution in [2.75, 3.05) is 99.4 Å². The molecule has 15 heteroatoms. The molecule has 5 N–H and O–H groups in total. The monoisotopic (exact) mass is 747 g/mol. The molecular weight excluding hydrogens is 686 g/mol. The molecule has 0 aliphatic rings. The fourth-order valence-corrected chi connectivity index (χ4v) is 5.85. The quantitative estimate of drug-likeness (QED) is 0.0772. The van der Waals surface area contributed by atoms with Crippen LogP contribution in [-0.4, -0.2) is 192 Å². The topological polar surface area (TPSA) is 187 Å². The van der Waals surface area contributed by atoms with E-state index in [1.54, 1.807) is 19.0 Å². The minimum atomic E-state index is -1.08. The number of carbonyl (C=O) groups excluding carboxylic acids is 2. The van der Waals surface area contributed by atoms with Crippen LogP contribution in [0.1, 0.15) is 25.0 Å². The average molecular weight is 748 g/mol. The molecule has 15 nitrogen and oxygen atoms in total. The van der Waals surface area contributed by atoms with Gasteiger partial charge in [-0.25, -0.2) is 0 Å². The summed E-state index contributed by atoms with van der Waals surface area (Å²) >= 11 is 0. The van der Waals surface area contributed by atoms with Gasteiger partial charge in [0.15, 0.2) is 0 Å². The zero-order valence-corrected chi connectivity index (χ0v) is 31.7. The Balaban J connectivity index is 2.38. The SMILES string of the molecule is CCN(CC(=O)N(C)CC(O)CO)C(COCc1ccccc1)CN(CC(=O)O)CC(COCc1ccccc1)N(CC)CC(=O)N(C)CC(O)CO. The van der Waals surface area contributed by atoms with E-state index in [4.69, 9.17) is 9.47 Å². The molecule has 2 aromatic rings. The number of rotatable bonds is 28. The minimum absolute atomic E-state index is 0.0311. The molecule has 4 atom stereocenters. The lowest BCUT2D eigenvalue weighted by Crippen LogP contribution is -2.55. The molecule has 0 bridgehead atoms. The summed E-state index contributed by atoms with van der Waals surface area (Å²) in [6.45, 7) is 4.62. The van der Waals surface area contributed by atoms with Crippen LogP contribution in [0.4, 0.5) is 0 Å². The second-order valence-electron chi connectivity index (χ2n) is 13.2. The van der Waals surface area contributed by atoms with E-state index in [2.05, 4.69) is 0 Å². The van der Waals surface area contributed by atoms with Crippen LogP contribution < -0.4 is 0 Å². The van der Waals surface area contributed by atoms with E-state index in [9.17, 15) is 39.9 Å². The van der Waals surface area contributed by atoms with Crippen molar-refractivity contribution in [3.63, 3.8) is 0 Å². The first-order chi connectivity index (χ1) is 25.4. The number of aliphatic hydroxyl groups is 4. The van der Waals surface area contributed by atoms with E-state index < -0.39 is 43.5 Å². The number of aliphatic carboxylic acids is 1. The van der Waals surface area contributed by atoms with Crippen molar-refractivity contribution in [3.8, 4) is 0 Å². The van der Waals surface area contributed by atoms with Gasteiger partial charge in [0.2, 0.25) is 11.8 Å². The maximum Gasteiger partial charge on any atom is 0.317 e. The lowest BCUT2D eigenvalue weighted by atomic mass is 10.1. The number of carboxylic acids is 1. The predicted octanol–water partition coefficient (Wildman–Crippen LogP) is -0.189. The second-order valence-corrected chi connectivity index (χ2v) is 13.2. The smallest absolute Gasteiger partial charge is 0.317 e. The third-order valence-electron chi connectivity index (χ3n) is 8.90. The maximum atomic E-state index is 13.3. The molecule has 0 saturated heterocycles. The molecule has 0 aliphatic heterocycles. The number of nitrogens with zero attached hydrogens (tertiary/aromatic N) is 5. The lowest BCUT2D eigenvalue weighted by molar-refractivity contribution is -0.140. The minimum Gasteiger partial charge on any atom is -0.480 e. The average Bonchev–Trinajstić information content (AvgIpc) is 3.15. The number of likely N-dealkylation sites (N-methyl/N-ethyl adjacent to an activating group) is 4. The first-order valence-corrected chi connectivity index (χ1v) is 18.1. The van der Waals surface area contributed by atoms with Gasteiger partial charge in [-0.2, -0.15) is 0 Å². The first-order valence-electron chi connectivity index (χ1n) is 18.1.